The molecule has 0 unspecified atom stereocenters. The monoisotopic (exact) mass is 242 g/mol. The minimum atomic E-state index is 0.204. The number of nitrogens with zero attached hydrogens (tertiary/aromatic N) is 2. The molecule has 1 aromatic heterocycles. The maximum atomic E-state index is 5.78. The summed E-state index contributed by atoms with van der Waals surface area (Å²) in [6, 6.07) is 3.66. The molecule has 0 aliphatic carbocycles. The standard InChI is InChI=1S/C10H8Cl2N2O/c1-5-3-6-7(4-8(5)15-2)14-10(12)9(11)13-6/h3-4H,1-2H3. The number of aryl methyl sites for hydroxylation is 1. The van der Waals surface area contributed by atoms with Crippen LogP contribution in [0.5, 0.6) is 5.75 Å². The van der Waals surface area contributed by atoms with Gasteiger partial charge in [-0.3, -0.25) is 0 Å². The van der Waals surface area contributed by atoms with Crippen LogP contribution in [-0.4, -0.2) is 17.1 Å². The Labute approximate surface area is 97.0 Å². The second kappa shape index (κ2) is 3.83. The molecule has 2 rings (SSSR count). The molecule has 0 radical (unpaired) electrons. The van der Waals surface area contributed by atoms with E-state index in [9.17, 15) is 0 Å². The van der Waals surface area contributed by atoms with Crippen molar-refractivity contribution in [3.63, 3.8) is 0 Å². The van der Waals surface area contributed by atoms with Gasteiger partial charge in [0.05, 0.1) is 18.1 Å². The molecule has 0 amide bonds. The summed E-state index contributed by atoms with van der Waals surface area (Å²) in [5, 5.41) is 0.420. The Morgan fingerprint density at radius 1 is 1.07 bits per heavy atom. The van der Waals surface area contributed by atoms with Crippen LogP contribution in [0.1, 0.15) is 5.56 Å². The van der Waals surface area contributed by atoms with Crippen LogP contribution in [0.15, 0.2) is 12.1 Å². The van der Waals surface area contributed by atoms with Crippen LogP contribution in [0.3, 0.4) is 0 Å². The summed E-state index contributed by atoms with van der Waals surface area (Å²) in [6.07, 6.45) is 0. The van der Waals surface area contributed by atoms with E-state index in [1.54, 1.807) is 13.2 Å². The summed E-state index contributed by atoms with van der Waals surface area (Å²) >= 11 is 11.6. The molecule has 0 fully saturated rings. The highest BCUT2D eigenvalue weighted by atomic mass is 35.5. The summed E-state index contributed by atoms with van der Waals surface area (Å²) in [5.74, 6) is 0.759. The lowest BCUT2D eigenvalue weighted by molar-refractivity contribution is 0.412. The Hall–Kier alpha value is -1.06. The van der Waals surface area contributed by atoms with Crippen molar-refractivity contribution in [3.8, 4) is 5.75 Å². The van der Waals surface area contributed by atoms with E-state index in [0.29, 0.717) is 11.0 Å². The fourth-order valence-electron chi connectivity index (χ4n) is 1.36. The van der Waals surface area contributed by atoms with Crippen molar-refractivity contribution >= 4 is 34.2 Å². The Balaban J connectivity index is 2.76. The molecule has 0 saturated carbocycles. The van der Waals surface area contributed by atoms with Gasteiger partial charge in [-0.05, 0) is 18.6 Å². The largest absolute Gasteiger partial charge is 0.496 e. The summed E-state index contributed by atoms with van der Waals surface area (Å²) in [5.41, 5.74) is 2.37. The first-order valence-corrected chi connectivity index (χ1v) is 5.05. The number of hydrogen-bond donors (Lipinski definition) is 0. The smallest absolute Gasteiger partial charge is 0.167 e. The molecule has 5 heteroatoms. The van der Waals surface area contributed by atoms with Crippen LogP contribution >= 0.6 is 23.2 Å². The van der Waals surface area contributed by atoms with Crippen molar-refractivity contribution in [2.45, 2.75) is 6.92 Å². The number of halogens is 2. The minimum absolute atomic E-state index is 0.204. The van der Waals surface area contributed by atoms with E-state index in [1.807, 2.05) is 13.0 Å². The van der Waals surface area contributed by atoms with Crippen molar-refractivity contribution < 1.29 is 4.74 Å². The average Bonchev–Trinajstić information content (AvgIpc) is 2.20. The molecule has 0 bridgehead atoms. The lowest BCUT2D eigenvalue weighted by Crippen LogP contribution is -1.91. The second-order valence-electron chi connectivity index (χ2n) is 3.12. The van der Waals surface area contributed by atoms with Crippen molar-refractivity contribution in [3.05, 3.63) is 28.0 Å². The van der Waals surface area contributed by atoms with Crippen molar-refractivity contribution in [2.24, 2.45) is 0 Å². The van der Waals surface area contributed by atoms with Gasteiger partial charge in [0, 0.05) is 6.07 Å². The highest BCUT2D eigenvalue weighted by molar-refractivity contribution is 6.40. The van der Waals surface area contributed by atoms with Gasteiger partial charge in [-0.15, -0.1) is 0 Å². The van der Waals surface area contributed by atoms with E-state index in [-0.39, 0.29) is 10.3 Å². The molecule has 1 aromatic carbocycles. The van der Waals surface area contributed by atoms with E-state index in [4.69, 9.17) is 27.9 Å². The maximum Gasteiger partial charge on any atom is 0.167 e. The normalized spacial score (nSPS) is 10.7. The Kier molecular flexibility index (Phi) is 2.67. The van der Waals surface area contributed by atoms with Gasteiger partial charge in [0.1, 0.15) is 5.75 Å². The van der Waals surface area contributed by atoms with E-state index in [1.165, 1.54) is 0 Å². The molecule has 0 atom stereocenters. The second-order valence-corrected chi connectivity index (χ2v) is 3.83. The van der Waals surface area contributed by atoms with E-state index < -0.39 is 0 Å². The zero-order chi connectivity index (χ0) is 11.0. The topological polar surface area (TPSA) is 35.0 Å². The number of ether oxygens (including phenoxy) is 1. The zero-order valence-electron chi connectivity index (χ0n) is 8.21. The molecule has 0 saturated heterocycles. The van der Waals surface area contributed by atoms with Crippen LogP contribution in [-0.2, 0) is 0 Å². The van der Waals surface area contributed by atoms with Crippen LogP contribution in [0.25, 0.3) is 11.0 Å². The number of methoxy groups -OCH3 is 1. The van der Waals surface area contributed by atoms with Crippen LogP contribution in [0.2, 0.25) is 10.3 Å². The molecule has 3 nitrogen and oxygen atoms in total. The van der Waals surface area contributed by atoms with E-state index >= 15 is 0 Å². The lowest BCUT2D eigenvalue weighted by Gasteiger charge is -2.06. The Morgan fingerprint density at radius 2 is 1.60 bits per heavy atom. The third-order valence-corrected chi connectivity index (χ3v) is 2.72. The highest BCUT2D eigenvalue weighted by Crippen LogP contribution is 2.26. The number of fused-ring (bicyclic) bond motifs is 1. The maximum absolute atomic E-state index is 5.78. The lowest BCUT2D eigenvalue weighted by atomic mass is 10.2. The Morgan fingerprint density at radius 3 is 2.13 bits per heavy atom. The summed E-state index contributed by atoms with van der Waals surface area (Å²) in [6.45, 7) is 1.93. The third kappa shape index (κ3) is 1.85. The fraction of sp³-hybridized carbons (Fsp3) is 0.200. The summed E-state index contributed by atoms with van der Waals surface area (Å²) < 4.78 is 5.18. The average molecular weight is 243 g/mol. The van der Waals surface area contributed by atoms with Crippen molar-refractivity contribution in [1.82, 2.24) is 9.97 Å². The molecule has 2 aromatic rings. The number of aromatic nitrogens is 2. The third-order valence-electron chi connectivity index (χ3n) is 2.10. The predicted molar refractivity (Wildman–Crippen MR) is 60.8 cm³/mol. The summed E-state index contributed by atoms with van der Waals surface area (Å²) in [7, 11) is 1.61. The van der Waals surface area contributed by atoms with Gasteiger partial charge in [-0.1, -0.05) is 23.2 Å². The van der Waals surface area contributed by atoms with Gasteiger partial charge in [0.15, 0.2) is 10.3 Å². The molecule has 15 heavy (non-hydrogen) atoms. The van der Waals surface area contributed by atoms with E-state index in [2.05, 4.69) is 9.97 Å². The van der Waals surface area contributed by atoms with Crippen molar-refractivity contribution in [1.29, 1.82) is 0 Å². The fourth-order valence-corrected chi connectivity index (χ4v) is 1.63. The molecular formula is C10H8Cl2N2O. The molecule has 0 spiro atoms. The zero-order valence-corrected chi connectivity index (χ0v) is 9.73. The van der Waals surface area contributed by atoms with Crippen LogP contribution < -0.4 is 4.74 Å². The van der Waals surface area contributed by atoms with Crippen LogP contribution in [0, 0.1) is 6.92 Å². The first-order valence-electron chi connectivity index (χ1n) is 4.29. The molecule has 0 N–H and O–H groups in total. The summed E-state index contributed by atoms with van der Waals surface area (Å²) in [4.78, 5) is 8.24. The molecule has 0 aliphatic rings. The highest BCUT2D eigenvalue weighted by Gasteiger charge is 2.07. The van der Waals surface area contributed by atoms with Gasteiger partial charge in [0.2, 0.25) is 0 Å². The number of rotatable bonds is 1. The first-order chi connectivity index (χ1) is 7.11. The Bertz CT molecular complexity index is 528. The van der Waals surface area contributed by atoms with Gasteiger partial charge in [0.25, 0.3) is 0 Å². The SMILES string of the molecule is COc1cc2nc(Cl)c(Cl)nc2cc1C. The molecular weight excluding hydrogens is 235 g/mol. The first kappa shape index (κ1) is 10.5. The number of hydrogen-bond acceptors (Lipinski definition) is 3. The van der Waals surface area contributed by atoms with Crippen LogP contribution in [0.4, 0.5) is 0 Å². The van der Waals surface area contributed by atoms with Gasteiger partial charge < -0.3 is 4.74 Å². The van der Waals surface area contributed by atoms with Crippen molar-refractivity contribution in [2.75, 3.05) is 7.11 Å². The predicted octanol–water partition coefficient (Wildman–Crippen LogP) is 3.25. The molecule has 1 heterocycles. The van der Waals surface area contributed by atoms with Gasteiger partial charge >= 0.3 is 0 Å². The van der Waals surface area contributed by atoms with Gasteiger partial charge in [-0.2, -0.15) is 0 Å². The molecule has 0 aliphatic heterocycles. The van der Waals surface area contributed by atoms with E-state index in [0.717, 1.165) is 11.3 Å². The van der Waals surface area contributed by atoms with Gasteiger partial charge in [-0.25, -0.2) is 9.97 Å². The minimum Gasteiger partial charge on any atom is -0.496 e. The molecule has 78 valence electrons. The number of benzene rings is 1. The quantitative estimate of drug-likeness (QED) is 0.771.